The molecule has 12 heavy (non-hydrogen) atoms. The Morgan fingerprint density at radius 2 is 1.42 bits per heavy atom. The second-order valence-electron chi connectivity index (χ2n) is 1.54. The molecule has 0 spiro atoms. The smallest absolute Gasteiger partial charge is 0.130 e. The van der Waals surface area contributed by atoms with E-state index in [1.807, 2.05) is 0 Å². The summed E-state index contributed by atoms with van der Waals surface area (Å²) in [6, 6.07) is 5.09. The lowest BCUT2D eigenvalue weighted by Gasteiger charge is -2.03. The highest BCUT2D eigenvalue weighted by atomic mass is 16.2. The number of aliphatic hydroxyl groups excluding tert-OH is 1. The van der Waals surface area contributed by atoms with Crippen LogP contribution in [0.3, 0.4) is 0 Å². The van der Waals surface area contributed by atoms with Crippen LogP contribution < -0.4 is 5.84 Å². The fourth-order valence-electron chi connectivity index (χ4n) is 0.238. The summed E-state index contributed by atoms with van der Waals surface area (Å²) in [5, 5.41) is 32.0. The minimum Gasteiger partial charge on any atom is -0.381 e. The SMILES string of the molecule is N#CCN(N)CC#N.N#CCO. The maximum Gasteiger partial charge on any atom is 0.130 e. The van der Waals surface area contributed by atoms with Gasteiger partial charge in [-0.05, 0) is 0 Å². The molecule has 0 aromatic heterocycles. The van der Waals surface area contributed by atoms with Crippen molar-refractivity contribution < 1.29 is 5.11 Å². The normalized spacial score (nSPS) is 7.00. The lowest BCUT2D eigenvalue weighted by Crippen LogP contribution is -2.31. The van der Waals surface area contributed by atoms with Gasteiger partial charge in [0.1, 0.15) is 19.7 Å². The van der Waals surface area contributed by atoms with Crippen LogP contribution in [-0.4, -0.2) is 29.8 Å². The maximum atomic E-state index is 7.98. The van der Waals surface area contributed by atoms with Crippen LogP contribution in [0.4, 0.5) is 0 Å². The van der Waals surface area contributed by atoms with Gasteiger partial charge in [-0.2, -0.15) is 15.8 Å². The first kappa shape index (κ1) is 13.0. The predicted octanol–water partition coefficient (Wildman–Crippen LogP) is -1.29. The summed E-state index contributed by atoms with van der Waals surface area (Å²) in [5.41, 5.74) is 0. The lowest BCUT2D eigenvalue weighted by molar-refractivity contribution is 0.348. The Morgan fingerprint density at radius 1 is 1.08 bits per heavy atom. The van der Waals surface area contributed by atoms with E-state index in [0.29, 0.717) is 0 Å². The minimum absolute atomic E-state index is 0.105. The van der Waals surface area contributed by atoms with Crippen LogP contribution in [0.2, 0.25) is 0 Å². The van der Waals surface area contributed by atoms with Crippen LogP contribution in [0.1, 0.15) is 0 Å². The van der Waals surface area contributed by atoms with Crippen molar-refractivity contribution in [2.45, 2.75) is 0 Å². The molecule has 64 valence electrons. The highest BCUT2D eigenvalue weighted by Crippen LogP contribution is 1.69. The van der Waals surface area contributed by atoms with E-state index in [0.717, 1.165) is 5.01 Å². The van der Waals surface area contributed by atoms with Crippen LogP contribution in [0.15, 0.2) is 0 Å². The second kappa shape index (κ2) is 12.1. The molecule has 6 nitrogen and oxygen atoms in total. The summed E-state index contributed by atoms with van der Waals surface area (Å²) in [6.45, 7) is -0.166. The van der Waals surface area contributed by atoms with Crippen LogP contribution in [0.5, 0.6) is 0 Å². The van der Waals surface area contributed by atoms with Crippen LogP contribution in [0.25, 0.3) is 0 Å². The van der Waals surface area contributed by atoms with Gasteiger partial charge >= 0.3 is 0 Å². The molecule has 0 aliphatic rings. The van der Waals surface area contributed by atoms with E-state index in [9.17, 15) is 0 Å². The van der Waals surface area contributed by atoms with E-state index in [4.69, 9.17) is 26.7 Å². The Labute approximate surface area is 70.6 Å². The van der Waals surface area contributed by atoms with Crippen molar-refractivity contribution >= 4 is 0 Å². The van der Waals surface area contributed by atoms with Gasteiger partial charge in [0, 0.05) is 0 Å². The van der Waals surface area contributed by atoms with E-state index >= 15 is 0 Å². The lowest BCUT2D eigenvalue weighted by atomic mass is 10.6. The van der Waals surface area contributed by atoms with Gasteiger partial charge in [0.2, 0.25) is 0 Å². The maximum absolute atomic E-state index is 7.98. The average molecular weight is 167 g/mol. The molecule has 0 aliphatic carbocycles. The second-order valence-corrected chi connectivity index (χ2v) is 1.54. The van der Waals surface area contributed by atoms with Crippen molar-refractivity contribution in [1.82, 2.24) is 5.01 Å². The quantitative estimate of drug-likeness (QED) is 0.228. The van der Waals surface area contributed by atoms with Gasteiger partial charge in [-0.3, -0.25) is 5.84 Å². The van der Waals surface area contributed by atoms with Gasteiger partial charge in [-0.1, -0.05) is 0 Å². The van der Waals surface area contributed by atoms with Crippen molar-refractivity contribution in [2.24, 2.45) is 5.84 Å². The standard InChI is InChI=1S/C4H6N4.C2H3NO/c5-1-3-8(7)4-2-6;3-1-2-4/h3-4,7H2;4H,2H2. The van der Waals surface area contributed by atoms with Crippen LogP contribution in [0, 0.1) is 34.0 Å². The van der Waals surface area contributed by atoms with Gasteiger partial charge < -0.3 is 5.11 Å². The highest BCUT2D eigenvalue weighted by Gasteiger charge is 1.91. The number of aliphatic hydroxyl groups is 1. The summed E-state index contributed by atoms with van der Waals surface area (Å²) < 4.78 is 0. The van der Waals surface area contributed by atoms with Crippen molar-refractivity contribution in [3.8, 4) is 18.2 Å². The number of hydrazine groups is 1. The fraction of sp³-hybridized carbons (Fsp3) is 0.500. The summed E-state index contributed by atoms with van der Waals surface area (Å²) in [6.07, 6.45) is 0. The highest BCUT2D eigenvalue weighted by molar-refractivity contribution is 4.80. The average Bonchev–Trinajstić information content (AvgIpc) is 2.06. The summed E-state index contributed by atoms with van der Waals surface area (Å²) in [5.74, 6) is 5.08. The molecule has 0 bridgehead atoms. The molecule has 0 amide bonds. The third kappa shape index (κ3) is 15.8. The molecule has 3 N–H and O–H groups in total. The van der Waals surface area contributed by atoms with Gasteiger partial charge in [0.25, 0.3) is 0 Å². The molecule has 0 atom stereocenters. The Kier molecular flexibility index (Phi) is 13.1. The van der Waals surface area contributed by atoms with Crippen LogP contribution in [-0.2, 0) is 0 Å². The Bertz CT molecular complexity index is 191. The van der Waals surface area contributed by atoms with E-state index in [1.165, 1.54) is 6.07 Å². The first-order valence-electron chi connectivity index (χ1n) is 2.94. The zero-order valence-electron chi connectivity index (χ0n) is 6.43. The summed E-state index contributed by atoms with van der Waals surface area (Å²) >= 11 is 0. The van der Waals surface area contributed by atoms with Crippen molar-refractivity contribution in [1.29, 1.82) is 15.8 Å². The fourth-order valence-corrected chi connectivity index (χ4v) is 0.238. The molecule has 0 aliphatic heterocycles. The number of nitrogens with two attached hydrogens (primary N) is 1. The first-order valence-corrected chi connectivity index (χ1v) is 2.94. The largest absolute Gasteiger partial charge is 0.381 e. The van der Waals surface area contributed by atoms with Crippen LogP contribution >= 0.6 is 0 Å². The number of hydrogen-bond acceptors (Lipinski definition) is 6. The van der Waals surface area contributed by atoms with E-state index in [1.54, 1.807) is 12.1 Å². The van der Waals surface area contributed by atoms with E-state index in [2.05, 4.69) is 0 Å². The topological polar surface area (TPSA) is 121 Å². The van der Waals surface area contributed by atoms with E-state index in [-0.39, 0.29) is 19.7 Å². The molecule has 0 heterocycles. The molecule has 0 fully saturated rings. The number of hydrogen-bond donors (Lipinski definition) is 2. The first-order chi connectivity index (χ1) is 5.72. The molecule has 0 aromatic rings. The molecule has 0 aromatic carbocycles. The van der Waals surface area contributed by atoms with Crippen molar-refractivity contribution in [3.63, 3.8) is 0 Å². The number of nitriles is 3. The molecule has 0 rings (SSSR count). The number of rotatable bonds is 2. The minimum atomic E-state index is -0.375. The monoisotopic (exact) mass is 167 g/mol. The zero-order valence-corrected chi connectivity index (χ0v) is 6.43. The molecular weight excluding hydrogens is 158 g/mol. The molecule has 0 radical (unpaired) electrons. The van der Waals surface area contributed by atoms with Gasteiger partial charge in [0.05, 0.1) is 18.2 Å². The van der Waals surface area contributed by atoms with Gasteiger partial charge in [0.15, 0.2) is 0 Å². The Balaban J connectivity index is 0. The molecule has 0 unspecified atom stereocenters. The van der Waals surface area contributed by atoms with Gasteiger partial charge in [-0.15, -0.1) is 0 Å². The molecule has 0 saturated carbocycles. The molecule has 6 heteroatoms. The third-order valence-corrected chi connectivity index (χ3v) is 0.618. The van der Waals surface area contributed by atoms with Crippen molar-refractivity contribution in [3.05, 3.63) is 0 Å². The zero-order chi connectivity index (χ0) is 9.82. The predicted molar refractivity (Wildman–Crippen MR) is 39.7 cm³/mol. The number of nitrogens with zero attached hydrogens (tertiary/aromatic N) is 4. The van der Waals surface area contributed by atoms with Crippen molar-refractivity contribution in [2.75, 3.05) is 19.7 Å². The molecule has 0 saturated heterocycles. The summed E-state index contributed by atoms with van der Waals surface area (Å²) in [7, 11) is 0. The van der Waals surface area contributed by atoms with E-state index < -0.39 is 0 Å². The third-order valence-electron chi connectivity index (χ3n) is 0.618. The Hall–Kier alpha value is -1.65. The summed E-state index contributed by atoms with van der Waals surface area (Å²) in [4.78, 5) is 0. The van der Waals surface area contributed by atoms with Gasteiger partial charge in [-0.25, -0.2) is 5.01 Å². The molecular formula is C6H9N5O. The Morgan fingerprint density at radius 3 is 1.58 bits per heavy atom.